The largest absolute Gasteiger partial charge is 0.497 e. The number of hydrogen-bond donors (Lipinski definition) is 0. The summed E-state index contributed by atoms with van der Waals surface area (Å²) in [7, 11) is 1.65. The fourth-order valence-electron chi connectivity index (χ4n) is 2.60. The Morgan fingerprint density at radius 3 is 2.73 bits per heavy atom. The maximum Gasteiger partial charge on any atom is 0.179 e. The van der Waals surface area contributed by atoms with Gasteiger partial charge in [-0.25, -0.2) is 0 Å². The number of hydrogen-bond acceptors (Lipinski definition) is 3. The highest BCUT2D eigenvalue weighted by Gasteiger charge is 2.31. The third-order valence-corrected chi connectivity index (χ3v) is 5.40. The van der Waals surface area contributed by atoms with E-state index in [-0.39, 0.29) is 10.6 Å². The van der Waals surface area contributed by atoms with Gasteiger partial charge in [0.15, 0.2) is 5.78 Å². The zero-order valence-corrected chi connectivity index (χ0v) is 14.1. The highest BCUT2D eigenvalue weighted by Crippen LogP contribution is 2.34. The lowest BCUT2D eigenvalue weighted by Gasteiger charge is -2.28. The van der Waals surface area contributed by atoms with Gasteiger partial charge in [-0.15, -0.1) is 0 Å². The first kappa shape index (κ1) is 15.3. The number of ketones is 1. The van der Waals surface area contributed by atoms with Gasteiger partial charge >= 0.3 is 0 Å². The molecular weight excluding hydrogens is 344 g/mol. The van der Waals surface area contributed by atoms with Crippen LogP contribution in [0.4, 0.5) is 0 Å². The first-order valence-electron chi connectivity index (χ1n) is 7.51. The lowest BCUT2D eigenvalue weighted by Crippen LogP contribution is -2.29. The molecule has 1 saturated carbocycles. The smallest absolute Gasteiger partial charge is 0.179 e. The Bertz CT molecular complexity index is 647. The normalized spacial score (nSPS) is 16.1. The van der Waals surface area contributed by atoms with E-state index in [1.807, 2.05) is 30.5 Å². The van der Waals surface area contributed by atoms with Gasteiger partial charge in [-0.05, 0) is 36.5 Å². The molecule has 1 unspecified atom stereocenters. The monoisotopic (exact) mass is 362 g/mol. The van der Waals surface area contributed by atoms with Crippen LogP contribution in [0.15, 0.2) is 36.7 Å². The number of rotatable bonds is 6. The first-order chi connectivity index (χ1) is 10.7. The third-order valence-electron chi connectivity index (χ3n) is 4.24. The molecule has 3 rings (SSSR count). The Balaban J connectivity index is 1.66. The molecule has 0 bridgehead atoms. The van der Waals surface area contributed by atoms with Crippen molar-refractivity contribution in [1.29, 1.82) is 0 Å². The number of Topliss-reactive ketones (excluding diaryl/α,β-unsaturated/α-hetero) is 1. The van der Waals surface area contributed by atoms with Crippen molar-refractivity contribution in [3.8, 4) is 5.75 Å². The van der Waals surface area contributed by atoms with Crippen LogP contribution in [0, 0.1) is 5.92 Å². The summed E-state index contributed by atoms with van der Waals surface area (Å²) < 4.78 is 6.95. The van der Waals surface area contributed by atoms with E-state index < -0.39 is 0 Å². The molecule has 1 fully saturated rings. The number of aromatic nitrogens is 2. The molecule has 116 valence electrons. The van der Waals surface area contributed by atoms with Crippen molar-refractivity contribution in [3.05, 3.63) is 47.8 Å². The molecule has 5 heteroatoms. The fourth-order valence-corrected chi connectivity index (χ4v) is 3.39. The molecule has 4 nitrogen and oxygen atoms in total. The van der Waals surface area contributed by atoms with E-state index in [0.29, 0.717) is 18.0 Å². The van der Waals surface area contributed by atoms with Gasteiger partial charge in [0.1, 0.15) is 5.75 Å². The summed E-state index contributed by atoms with van der Waals surface area (Å²) in [4.78, 5) is 12.3. The maximum absolute atomic E-state index is 12.4. The molecule has 1 aromatic carbocycles. The average Bonchev–Trinajstić information content (AvgIpc) is 2.94. The summed E-state index contributed by atoms with van der Waals surface area (Å²) in [5.41, 5.74) is 1.81. The Hall–Kier alpha value is -1.62. The third kappa shape index (κ3) is 3.24. The van der Waals surface area contributed by atoms with E-state index in [1.54, 1.807) is 18.0 Å². The highest BCUT2D eigenvalue weighted by molar-refractivity contribution is 9.10. The molecule has 0 radical (unpaired) electrons. The van der Waals surface area contributed by atoms with Gasteiger partial charge in [-0.1, -0.05) is 34.5 Å². The molecule has 0 amide bonds. The minimum atomic E-state index is -0.0695. The van der Waals surface area contributed by atoms with Crippen LogP contribution in [0.3, 0.4) is 0 Å². The number of alkyl halides is 1. The number of carbonyl (C=O) groups excluding carboxylic acids is 1. The van der Waals surface area contributed by atoms with Crippen LogP contribution in [-0.4, -0.2) is 27.5 Å². The van der Waals surface area contributed by atoms with E-state index in [4.69, 9.17) is 4.74 Å². The molecule has 1 aliphatic rings. The van der Waals surface area contributed by atoms with Crippen LogP contribution in [0.1, 0.15) is 35.2 Å². The van der Waals surface area contributed by atoms with Crippen molar-refractivity contribution >= 4 is 21.7 Å². The van der Waals surface area contributed by atoms with Crippen LogP contribution in [0.25, 0.3) is 0 Å². The summed E-state index contributed by atoms with van der Waals surface area (Å²) in [6.07, 6.45) is 7.01. The summed E-state index contributed by atoms with van der Waals surface area (Å²) in [6.45, 7) is 0.646. The highest BCUT2D eigenvalue weighted by atomic mass is 79.9. The number of ether oxygens (including phenoxy) is 1. The Labute approximate surface area is 138 Å². The summed E-state index contributed by atoms with van der Waals surface area (Å²) in [5.74, 6) is 1.46. The molecule has 1 heterocycles. The standard InChI is InChI=1S/C17H19BrN2O2/c1-22-15-7-5-12(6-8-15)10-20-11-14(9-19-20)17(21)16(18)13-3-2-4-13/h5-9,11,13,16H,2-4,10H2,1H3. The number of carbonyl (C=O) groups is 1. The zero-order valence-electron chi connectivity index (χ0n) is 12.5. The molecule has 0 spiro atoms. The molecule has 0 N–H and O–H groups in total. The van der Waals surface area contributed by atoms with E-state index >= 15 is 0 Å². The van der Waals surface area contributed by atoms with E-state index in [0.717, 1.165) is 24.2 Å². The van der Waals surface area contributed by atoms with Gasteiger partial charge in [-0.2, -0.15) is 5.10 Å². The van der Waals surface area contributed by atoms with Crippen molar-refractivity contribution in [2.45, 2.75) is 30.6 Å². The van der Waals surface area contributed by atoms with Crippen LogP contribution in [0.2, 0.25) is 0 Å². The molecule has 0 saturated heterocycles. The molecule has 1 aromatic heterocycles. The SMILES string of the molecule is COc1ccc(Cn2cc(C(=O)C(Br)C3CCC3)cn2)cc1. The zero-order chi connectivity index (χ0) is 15.5. The molecule has 2 aromatic rings. The number of halogens is 1. The van der Waals surface area contributed by atoms with E-state index in [2.05, 4.69) is 21.0 Å². The van der Waals surface area contributed by atoms with Gasteiger partial charge in [0.05, 0.1) is 30.2 Å². The topological polar surface area (TPSA) is 44.1 Å². The lowest BCUT2D eigenvalue weighted by molar-refractivity contribution is 0.0951. The molecule has 0 aliphatic heterocycles. The minimum absolute atomic E-state index is 0.0695. The molecule has 1 aliphatic carbocycles. The quantitative estimate of drug-likeness (QED) is 0.581. The summed E-state index contributed by atoms with van der Waals surface area (Å²) in [6, 6.07) is 7.86. The van der Waals surface area contributed by atoms with Crippen LogP contribution in [-0.2, 0) is 6.54 Å². The van der Waals surface area contributed by atoms with Crippen LogP contribution in [0.5, 0.6) is 5.75 Å². The van der Waals surface area contributed by atoms with Crippen molar-refractivity contribution in [2.24, 2.45) is 5.92 Å². The second-order valence-corrected chi connectivity index (χ2v) is 6.72. The Morgan fingerprint density at radius 1 is 1.41 bits per heavy atom. The van der Waals surface area contributed by atoms with Crippen LogP contribution >= 0.6 is 15.9 Å². The second kappa shape index (κ2) is 6.65. The Kier molecular flexibility index (Phi) is 4.62. The van der Waals surface area contributed by atoms with Gasteiger partial charge in [-0.3, -0.25) is 9.48 Å². The number of benzene rings is 1. The van der Waals surface area contributed by atoms with Gasteiger partial charge < -0.3 is 4.74 Å². The summed E-state index contributed by atoms with van der Waals surface area (Å²) >= 11 is 3.55. The average molecular weight is 363 g/mol. The van der Waals surface area contributed by atoms with Crippen molar-refractivity contribution in [3.63, 3.8) is 0 Å². The lowest BCUT2D eigenvalue weighted by atomic mass is 9.81. The maximum atomic E-state index is 12.4. The fraction of sp³-hybridized carbons (Fsp3) is 0.412. The molecule has 1 atom stereocenters. The summed E-state index contributed by atoms with van der Waals surface area (Å²) in [5, 5.41) is 4.30. The van der Waals surface area contributed by atoms with Crippen LogP contribution < -0.4 is 4.74 Å². The minimum Gasteiger partial charge on any atom is -0.497 e. The molecule has 22 heavy (non-hydrogen) atoms. The van der Waals surface area contributed by atoms with Gasteiger partial charge in [0.2, 0.25) is 0 Å². The number of nitrogens with zero attached hydrogens (tertiary/aromatic N) is 2. The first-order valence-corrected chi connectivity index (χ1v) is 8.42. The van der Waals surface area contributed by atoms with Crippen molar-refractivity contribution in [2.75, 3.05) is 7.11 Å². The van der Waals surface area contributed by atoms with Crippen molar-refractivity contribution < 1.29 is 9.53 Å². The van der Waals surface area contributed by atoms with E-state index in [1.165, 1.54) is 6.42 Å². The Morgan fingerprint density at radius 2 is 2.14 bits per heavy atom. The van der Waals surface area contributed by atoms with Gasteiger partial charge in [0, 0.05) is 6.20 Å². The van der Waals surface area contributed by atoms with Gasteiger partial charge in [0.25, 0.3) is 0 Å². The predicted molar refractivity (Wildman–Crippen MR) is 88.7 cm³/mol. The van der Waals surface area contributed by atoms with Crippen molar-refractivity contribution in [1.82, 2.24) is 9.78 Å². The molecular formula is C17H19BrN2O2. The predicted octanol–water partition coefficient (Wildman–Crippen LogP) is 3.69. The van der Waals surface area contributed by atoms with E-state index in [9.17, 15) is 4.79 Å². The number of methoxy groups -OCH3 is 1. The second-order valence-electron chi connectivity index (χ2n) is 5.73.